The number of hydrogen-bond donors (Lipinski definition) is 1. The second-order valence-corrected chi connectivity index (χ2v) is 4.65. The molecule has 3 rings (SSSR count). The molecule has 0 aliphatic heterocycles. The van der Waals surface area contributed by atoms with E-state index in [1.54, 1.807) is 0 Å². The number of nitrogens with one attached hydrogen (secondary N) is 1. The minimum atomic E-state index is 0.767. The van der Waals surface area contributed by atoms with E-state index < -0.39 is 0 Å². The highest BCUT2D eigenvalue weighted by atomic mass is 14.9. The number of benzene rings is 2. The molecule has 0 atom stereocenters. The lowest BCUT2D eigenvalue weighted by Gasteiger charge is -2.06. The zero-order valence-corrected chi connectivity index (χ0v) is 9.82. The van der Waals surface area contributed by atoms with Crippen LogP contribution in [0.2, 0.25) is 0 Å². The average molecular weight is 222 g/mol. The molecule has 0 unspecified atom stereocenters. The number of rotatable bonds is 4. The van der Waals surface area contributed by atoms with Gasteiger partial charge in [0.2, 0.25) is 0 Å². The van der Waals surface area contributed by atoms with Crippen LogP contribution in [-0.4, -0.2) is 6.04 Å². The van der Waals surface area contributed by atoms with Gasteiger partial charge in [0.15, 0.2) is 0 Å². The first-order valence-corrected chi connectivity index (χ1v) is 6.21. The molecule has 0 amide bonds. The van der Waals surface area contributed by atoms with Crippen LogP contribution in [0.15, 0.2) is 48.5 Å². The summed E-state index contributed by atoms with van der Waals surface area (Å²) in [5, 5.41) is 3.54. The Balaban J connectivity index is 1.78. The molecule has 0 saturated heterocycles. The van der Waals surface area contributed by atoms with E-state index in [0.717, 1.165) is 12.6 Å². The molecule has 85 valence electrons. The zero-order valence-electron chi connectivity index (χ0n) is 9.82. The molecule has 1 fully saturated rings. The summed E-state index contributed by atoms with van der Waals surface area (Å²) in [6, 6.07) is 20.8. The topological polar surface area (TPSA) is 12.0 Å². The van der Waals surface area contributed by atoms with Gasteiger partial charge in [-0.05, 0) is 47.7 Å². The minimum Gasteiger partial charge on any atom is -0.310 e. The van der Waals surface area contributed by atoms with Crippen LogP contribution in [0.1, 0.15) is 18.4 Å². The lowest BCUT2D eigenvalue weighted by molar-refractivity contribution is 0.688. The molecule has 2 aromatic rings. The molecule has 0 spiro atoms. The van der Waals surface area contributed by atoms with Crippen molar-refractivity contribution in [1.82, 2.24) is 5.32 Å². The largest absolute Gasteiger partial charge is 0.310 e. The first-order valence-electron chi connectivity index (χ1n) is 6.21. The van der Waals surface area contributed by atoms with Gasteiger partial charge in [-0.1, -0.05) is 36.4 Å². The van der Waals surface area contributed by atoms with Crippen molar-refractivity contribution in [2.24, 2.45) is 0 Å². The Morgan fingerprint density at radius 1 is 1.12 bits per heavy atom. The molecule has 1 saturated carbocycles. The Bertz CT molecular complexity index is 486. The fourth-order valence-electron chi connectivity index (χ4n) is 1.98. The molecule has 0 bridgehead atoms. The predicted molar refractivity (Wildman–Crippen MR) is 70.6 cm³/mol. The van der Waals surface area contributed by atoms with Crippen molar-refractivity contribution in [1.29, 1.82) is 0 Å². The van der Waals surface area contributed by atoms with Gasteiger partial charge in [0.25, 0.3) is 0 Å². The fraction of sp³-hybridized carbons (Fsp3) is 0.250. The monoisotopic (exact) mass is 222 g/mol. The molecule has 1 aliphatic rings. The van der Waals surface area contributed by atoms with E-state index in [4.69, 9.17) is 0 Å². The lowest BCUT2D eigenvalue weighted by Crippen LogP contribution is -2.15. The van der Waals surface area contributed by atoms with Crippen molar-refractivity contribution in [2.75, 3.05) is 0 Å². The standard InChI is InChI=1S/C16H16N/c1-2-6-14(7-3-1)15-8-4-5-13(11-15)12-17-16-9-10-16/h1-2,4-8,11,16-17H,9-10,12H2. The molecule has 1 aliphatic carbocycles. The van der Waals surface area contributed by atoms with Gasteiger partial charge in [0.05, 0.1) is 0 Å². The predicted octanol–water partition coefficient (Wildman–Crippen LogP) is 3.41. The Hall–Kier alpha value is -1.60. The van der Waals surface area contributed by atoms with Gasteiger partial charge < -0.3 is 5.32 Å². The van der Waals surface area contributed by atoms with Crippen molar-refractivity contribution in [3.05, 3.63) is 60.2 Å². The Labute approximate surface area is 102 Å². The third kappa shape index (κ3) is 2.75. The van der Waals surface area contributed by atoms with E-state index in [0.29, 0.717) is 0 Å². The average Bonchev–Trinajstić information content (AvgIpc) is 3.22. The highest BCUT2D eigenvalue weighted by Crippen LogP contribution is 2.22. The Morgan fingerprint density at radius 3 is 2.76 bits per heavy atom. The molecule has 0 aromatic heterocycles. The van der Waals surface area contributed by atoms with Crippen LogP contribution in [0.5, 0.6) is 0 Å². The van der Waals surface area contributed by atoms with Crippen LogP contribution in [0.4, 0.5) is 0 Å². The summed E-state index contributed by atoms with van der Waals surface area (Å²) in [4.78, 5) is 0. The highest BCUT2D eigenvalue weighted by molar-refractivity contribution is 5.63. The SMILES string of the molecule is [c]1cccc(-c2cccc(CNC3CC3)c2)c1. The van der Waals surface area contributed by atoms with E-state index in [1.807, 2.05) is 18.2 Å². The van der Waals surface area contributed by atoms with Crippen molar-refractivity contribution in [2.45, 2.75) is 25.4 Å². The normalized spacial score (nSPS) is 14.8. The highest BCUT2D eigenvalue weighted by Gasteiger charge is 2.19. The molecule has 17 heavy (non-hydrogen) atoms. The lowest BCUT2D eigenvalue weighted by atomic mass is 10.0. The third-order valence-corrected chi connectivity index (χ3v) is 3.14. The van der Waals surface area contributed by atoms with E-state index in [1.165, 1.54) is 29.5 Å². The zero-order chi connectivity index (χ0) is 11.5. The van der Waals surface area contributed by atoms with Crippen LogP contribution >= 0.6 is 0 Å². The van der Waals surface area contributed by atoms with Crippen molar-refractivity contribution in [3.63, 3.8) is 0 Å². The van der Waals surface area contributed by atoms with Crippen molar-refractivity contribution < 1.29 is 0 Å². The molecule has 0 heterocycles. The summed E-state index contributed by atoms with van der Waals surface area (Å²) in [6.45, 7) is 0.981. The van der Waals surface area contributed by atoms with Gasteiger partial charge in [-0.3, -0.25) is 0 Å². The second-order valence-electron chi connectivity index (χ2n) is 4.65. The van der Waals surface area contributed by atoms with E-state index in [-0.39, 0.29) is 0 Å². The van der Waals surface area contributed by atoms with Crippen LogP contribution in [0, 0.1) is 6.07 Å². The maximum absolute atomic E-state index is 3.54. The van der Waals surface area contributed by atoms with E-state index >= 15 is 0 Å². The van der Waals surface area contributed by atoms with Crippen LogP contribution in [-0.2, 0) is 6.54 Å². The third-order valence-electron chi connectivity index (χ3n) is 3.14. The van der Waals surface area contributed by atoms with Gasteiger partial charge in [-0.25, -0.2) is 0 Å². The van der Waals surface area contributed by atoms with Crippen LogP contribution in [0.3, 0.4) is 0 Å². The molecule has 1 nitrogen and oxygen atoms in total. The quantitative estimate of drug-likeness (QED) is 0.836. The van der Waals surface area contributed by atoms with Crippen molar-refractivity contribution >= 4 is 0 Å². The Kier molecular flexibility index (Phi) is 2.93. The van der Waals surface area contributed by atoms with Crippen LogP contribution < -0.4 is 5.32 Å². The maximum atomic E-state index is 3.54. The Morgan fingerprint density at radius 2 is 2.00 bits per heavy atom. The number of hydrogen-bond acceptors (Lipinski definition) is 1. The molecule has 1 heteroatoms. The van der Waals surface area contributed by atoms with E-state index in [2.05, 4.69) is 41.7 Å². The maximum Gasteiger partial charge on any atom is 0.0208 e. The molecular formula is C16H16N. The van der Waals surface area contributed by atoms with Gasteiger partial charge >= 0.3 is 0 Å². The smallest absolute Gasteiger partial charge is 0.0208 e. The van der Waals surface area contributed by atoms with Gasteiger partial charge in [0, 0.05) is 12.6 Å². The van der Waals surface area contributed by atoms with Gasteiger partial charge in [0.1, 0.15) is 0 Å². The summed E-state index contributed by atoms with van der Waals surface area (Å²) in [7, 11) is 0. The van der Waals surface area contributed by atoms with Crippen molar-refractivity contribution in [3.8, 4) is 11.1 Å². The molecule has 1 radical (unpaired) electrons. The second kappa shape index (κ2) is 4.72. The minimum absolute atomic E-state index is 0.767. The summed E-state index contributed by atoms with van der Waals surface area (Å²) in [6.07, 6.45) is 2.68. The summed E-state index contributed by atoms with van der Waals surface area (Å²) in [5.74, 6) is 0. The summed E-state index contributed by atoms with van der Waals surface area (Å²) < 4.78 is 0. The first kappa shape index (κ1) is 10.5. The van der Waals surface area contributed by atoms with Gasteiger partial charge in [-0.15, -0.1) is 0 Å². The first-order chi connectivity index (χ1) is 8.42. The molecule has 1 N–H and O–H groups in total. The summed E-state index contributed by atoms with van der Waals surface area (Å²) >= 11 is 0. The van der Waals surface area contributed by atoms with Gasteiger partial charge in [-0.2, -0.15) is 0 Å². The summed E-state index contributed by atoms with van der Waals surface area (Å²) in [5.41, 5.74) is 3.87. The van der Waals surface area contributed by atoms with Crippen LogP contribution in [0.25, 0.3) is 11.1 Å². The molecular weight excluding hydrogens is 206 g/mol. The fourth-order valence-corrected chi connectivity index (χ4v) is 1.98. The van der Waals surface area contributed by atoms with E-state index in [9.17, 15) is 0 Å². The molecule has 2 aromatic carbocycles.